The molecule has 0 bridgehead atoms. The zero-order valence-corrected chi connectivity index (χ0v) is 17.3. The van der Waals surface area contributed by atoms with Gasteiger partial charge in [-0.25, -0.2) is 4.79 Å². The van der Waals surface area contributed by atoms with Crippen molar-refractivity contribution in [3.8, 4) is 5.75 Å². The zero-order valence-electron chi connectivity index (χ0n) is 17.3. The minimum Gasteiger partial charge on any atom is -0.490 e. The van der Waals surface area contributed by atoms with Crippen LogP contribution in [0.1, 0.15) is 49.7 Å². The number of cyclic esters (lactones) is 1. The summed E-state index contributed by atoms with van der Waals surface area (Å²) in [6.45, 7) is 2.34. The number of alkyl carbamates (subject to hydrolysis) is 1. The van der Waals surface area contributed by atoms with Crippen LogP contribution in [0.2, 0.25) is 0 Å². The van der Waals surface area contributed by atoms with E-state index >= 15 is 0 Å². The van der Waals surface area contributed by atoms with Crippen LogP contribution in [0.25, 0.3) is 10.8 Å². The highest BCUT2D eigenvalue weighted by Crippen LogP contribution is 2.35. The first-order chi connectivity index (χ1) is 14.6. The Bertz CT molecular complexity index is 1060. The normalized spacial score (nSPS) is 26.2. The van der Waals surface area contributed by atoms with Crippen LogP contribution >= 0.6 is 0 Å². The average Bonchev–Trinajstić information content (AvgIpc) is 3.14. The number of rotatable bonds is 4. The largest absolute Gasteiger partial charge is 0.490 e. The molecule has 1 aliphatic carbocycles. The van der Waals surface area contributed by atoms with Gasteiger partial charge in [-0.3, -0.25) is 0 Å². The van der Waals surface area contributed by atoms with E-state index in [0.29, 0.717) is 12.5 Å². The molecule has 1 saturated heterocycles. The van der Waals surface area contributed by atoms with Crippen molar-refractivity contribution < 1.29 is 14.3 Å². The Balaban J connectivity index is 1.26. The third-order valence-corrected chi connectivity index (χ3v) is 6.57. The second-order valence-corrected chi connectivity index (χ2v) is 8.76. The number of hydrogen-bond acceptors (Lipinski definition) is 3. The van der Waals surface area contributed by atoms with Crippen LogP contribution in [0.5, 0.6) is 5.75 Å². The number of nitrogens with one attached hydrogen (secondary N) is 1. The van der Waals surface area contributed by atoms with E-state index in [1.54, 1.807) is 0 Å². The molecule has 0 radical (unpaired) electrons. The van der Waals surface area contributed by atoms with Gasteiger partial charge in [-0.2, -0.15) is 0 Å². The van der Waals surface area contributed by atoms with Crippen LogP contribution in [0, 0.1) is 0 Å². The number of carbonyl (C=O) groups excluding carboxylic acids is 1. The Kier molecular flexibility index (Phi) is 4.86. The highest BCUT2D eigenvalue weighted by atomic mass is 16.6. The third-order valence-electron chi connectivity index (χ3n) is 6.57. The second kappa shape index (κ2) is 7.67. The van der Waals surface area contributed by atoms with Crippen LogP contribution in [0.3, 0.4) is 0 Å². The Morgan fingerprint density at radius 2 is 1.67 bits per heavy atom. The Labute approximate surface area is 177 Å². The molecule has 4 heteroatoms. The topological polar surface area (TPSA) is 47.6 Å². The smallest absolute Gasteiger partial charge is 0.408 e. The van der Waals surface area contributed by atoms with Crippen molar-refractivity contribution in [1.82, 2.24) is 5.32 Å². The second-order valence-electron chi connectivity index (χ2n) is 8.76. The molecule has 1 amide bonds. The van der Waals surface area contributed by atoms with Gasteiger partial charge in [0.05, 0.1) is 11.6 Å². The molecule has 4 nitrogen and oxygen atoms in total. The van der Waals surface area contributed by atoms with E-state index in [4.69, 9.17) is 9.47 Å². The molecule has 0 spiro atoms. The zero-order chi connectivity index (χ0) is 20.6. The maximum absolute atomic E-state index is 11.5. The molecule has 0 aromatic heterocycles. The van der Waals surface area contributed by atoms with Gasteiger partial charge in [0, 0.05) is 0 Å². The van der Waals surface area contributed by atoms with Gasteiger partial charge in [0.25, 0.3) is 0 Å². The minimum absolute atomic E-state index is 0.284. The van der Waals surface area contributed by atoms with Gasteiger partial charge in [-0.1, -0.05) is 48.5 Å². The van der Waals surface area contributed by atoms with Crippen molar-refractivity contribution >= 4 is 16.9 Å². The van der Waals surface area contributed by atoms with Crippen molar-refractivity contribution in [3.63, 3.8) is 0 Å². The van der Waals surface area contributed by atoms with Gasteiger partial charge in [0.15, 0.2) is 0 Å². The number of hydrogen-bond donors (Lipinski definition) is 1. The van der Waals surface area contributed by atoms with Gasteiger partial charge in [-0.05, 0) is 78.6 Å². The first-order valence-electron chi connectivity index (χ1n) is 10.8. The van der Waals surface area contributed by atoms with E-state index < -0.39 is 5.54 Å². The molecule has 1 aliphatic heterocycles. The average molecular weight is 402 g/mol. The fourth-order valence-electron chi connectivity index (χ4n) is 4.73. The predicted octanol–water partition coefficient (Wildman–Crippen LogP) is 5.90. The van der Waals surface area contributed by atoms with E-state index in [9.17, 15) is 4.79 Å². The van der Waals surface area contributed by atoms with Crippen LogP contribution < -0.4 is 10.1 Å². The summed E-state index contributed by atoms with van der Waals surface area (Å²) in [5, 5.41) is 5.18. The summed E-state index contributed by atoms with van der Waals surface area (Å²) in [7, 11) is 0. The summed E-state index contributed by atoms with van der Waals surface area (Å²) in [4.78, 5) is 11.5. The lowest BCUT2D eigenvalue weighted by molar-refractivity contribution is 0.146. The molecule has 1 heterocycles. The fourth-order valence-corrected chi connectivity index (χ4v) is 4.73. The van der Waals surface area contributed by atoms with Crippen LogP contribution in [-0.2, 0) is 10.3 Å². The van der Waals surface area contributed by atoms with Crippen LogP contribution in [0.4, 0.5) is 4.79 Å². The molecule has 0 unspecified atom stereocenters. The van der Waals surface area contributed by atoms with E-state index in [1.807, 2.05) is 6.92 Å². The molecule has 3 aromatic carbocycles. The Morgan fingerprint density at radius 3 is 2.40 bits per heavy atom. The first-order valence-corrected chi connectivity index (χ1v) is 10.8. The standard InChI is InChI=1S/C26H27NO3/c1-26(17-29-25(28)27-26)22-11-7-21-16-24(14-10-20(21)15-22)30-23-12-8-19(9-13-23)18-5-3-2-4-6-18/h2-7,10-11,14-16,19,23H,8-9,12-13,17H2,1H3,(H,27,28)/t19-,23-,26-/m0/s1. The van der Waals surface area contributed by atoms with E-state index in [-0.39, 0.29) is 12.2 Å². The molecule has 1 atom stereocenters. The molecule has 1 N–H and O–H groups in total. The fraction of sp³-hybridized carbons (Fsp3) is 0.346. The lowest BCUT2D eigenvalue weighted by Gasteiger charge is -2.29. The van der Waals surface area contributed by atoms with E-state index in [2.05, 4.69) is 72.0 Å². The van der Waals surface area contributed by atoms with Crippen molar-refractivity contribution in [2.24, 2.45) is 0 Å². The molecular weight excluding hydrogens is 374 g/mol. The number of carbonyl (C=O) groups is 1. The number of fused-ring (bicyclic) bond motifs is 1. The van der Waals surface area contributed by atoms with E-state index in [1.165, 1.54) is 18.4 Å². The highest BCUT2D eigenvalue weighted by molar-refractivity contribution is 5.85. The van der Waals surface area contributed by atoms with Crippen LogP contribution in [0.15, 0.2) is 66.7 Å². The maximum Gasteiger partial charge on any atom is 0.408 e. The molecule has 2 fully saturated rings. The summed E-state index contributed by atoms with van der Waals surface area (Å²) in [6.07, 6.45) is 4.47. The number of ether oxygens (including phenoxy) is 2. The molecular formula is C26H27NO3. The Hall–Kier alpha value is -3.01. The third kappa shape index (κ3) is 3.74. The molecule has 154 valence electrons. The summed E-state index contributed by atoms with van der Waals surface area (Å²) in [5.74, 6) is 1.59. The van der Waals surface area contributed by atoms with Crippen molar-refractivity contribution in [1.29, 1.82) is 0 Å². The summed E-state index contributed by atoms with van der Waals surface area (Å²) < 4.78 is 11.4. The van der Waals surface area contributed by atoms with Crippen molar-refractivity contribution in [2.45, 2.75) is 50.2 Å². The molecule has 3 aromatic rings. The van der Waals surface area contributed by atoms with E-state index in [0.717, 1.165) is 34.9 Å². The lowest BCUT2D eigenvalue weighted by Crippen LogP contribution is -2.37. The Morgan fingerprint density at radius 1 is 0.933 bits per heavy atom. The maximum atomic E-state index is 11.5. The van der Waals surface area contributed by atoms with Gasteiger partial charge >= 0.3 is 6.09 Å². The predicted molar refractivity (Wildman–Crippen MR) is 118 cm³/mol. The molecule has 5 rings (SSSR count). The van der Waals surface area contributed by atoms with Crippen LogP contribution in [-0.4, -0.2) is 18.8 Å². The van der Waals surface area contributed by atoms with Gasteiger partial charge in [0.2, 0.25) is 0 Å². The highest BCUT2D eigenvalue weighted by Gasteiger charge is 2.36. The molecule has 1 saturated carbocycles. The lowest BCUT2D eigenvalue weighted by atomic mass is 9.83. The van der Waals surface area contributed by atoms with Gasteiger partial charge in [0.1, 0.15) is 12.4 Å². The molecule has 2 aliphatic rings. The van der Waals surface area contributed by atoms with Gasteiger partial charge < -0.3 is 14.8 Å². The first kappa shape index (κ1) is 19.0. The number of benzene rings is 3. The summed E-state index contributed by atoms with van der Waals surface area (Å²) in [5.41, 5.74) is 2.03. The quantitative estimate of drug-likeness (QED) is 0.592. The van der Waals surface area contributed by atoms with Crippen molar-refractivity contribution in [2.75, 3.05) is 6.61 Å². The SMILES string of the molecule is C[C@@]1(c2ccc3cc(O[C@H]4CC[C@H](c5ccccc5)CC4)ccc3c2)COC(=O)N1. The van der Waals surface area contributed by atoms with Gasteiger partial charge in [-0.15, -0.1) is 0 Å². The minimum atomic E-state index is -0.474. The summed E-state index contributed by atoms with van der Waals surface area (Å²) in [6, 6.07) is 23.4. The molecule has 30 heavy (non-hydrogen) atoms. The number of amides is 1. The monoisotopic (exact) mass is 401 g/mol. The van der Waals surface area contributed by atoms with Crippen molar-refractivity contribution in [3.05, 3.63) is 77.9 Å². The summed E-state index contributed by atoms with van der Waals surface area (Å²) >= 11 is 0.